The minimum Gasteiger partial charge on any atom is -0.493 e. The normalized spacial score (nSPS) is 18.8. The second-order valence-electron chi connectivity index (χ2n) is 8.52. The van der Waals surface area contributed by atoms with Crippen molar-refractivity contribution in [2.24, 2.45) is 0 Å². The maximum atomic E-state index is 11.0. The van der Waals surface area contributed by atoms with E-state index in [0.29, 0.717) is 29.4 Å². The molecule has 3 aromatic rings. The number of carbonyl (C=O) groups is 1. The van der Waals surface area contributed by atoms with Crippen LogP contribution in [0.5, 0.6) is 11.5 Å². The van der Waals surface area contributed by atoms with Gasteiger partial charge in [0.2, 0.25) is 0 Å². The summed E-state index contributed by atoms with van der Waals surface area (Å²) in [6.45, 7) is -0.170. The van der Waals surface area contributed by atoms with Gasteiger partial charge in [0, 0.05) is 34.2 Å². The van der Waals surface area contributed by atoms with Crippen molar-refractivity contribution in [1.29, 1.82) is 0 Å². The molecule has 9 nitrogen and oxygen atoms in total. The fraction of sp³-hybridized carbons (Fsp3) is 0.269. The van der Waals surface area contributed by atoms with E-state index in [1.54, 1.807) is 20.4 Å². The standard InChI is InChI=1S/C26H27ClN4O5/c1-34-23-7-3-5-18(26(23)35-2)25-19-13-16(27)8-10-20(19)30-12-4-6-21(30)22(36-25)11-9-17-14-28-31(29-17)15-24(32)33/h3-8,10,12-14,22,25,28-29H,9,11,15H2,1-2H3,(H,32,33)/t22-,25-/m1/s1. The number of para-hydroxylation sites is 1. The summed E-state index contributed by atoms with van der Waals surface area (Å²) in [5.41, 5.74) is 10.6. The third-order valence-electron chi connectivity index (χ3n) is 6.30. The van der Waals surface area contributed by atoms with Gasteiger partial charge in [-0.2, -0.15) is 0 Å². The molecule has 0 saturated carbocycles. The number of aromatic nitrogens is 1. The van der Waals surface area contributed by atoms with Crippen LogP contribution in [0.25, 0.3) is 5.69 Å². The summed E-state index contributed by atoms with van der Waals surface area (Å²) >= 11 is 6.46. The summed E-state index contributed by atoms with van der Waals surface area (Å²) < 4.78 is 20.3. The average molecular weight is 511 g/mol. The zero-order valence-corrected chi connectivity index (χ0v) is 20.7. The molecule has 0 bridgehead atoms. The van der Waals surface area contributed by atoms with Gasteiger partial charge in [-0.1, -0.05) is 23.7 Å². The number of aliphatic carboxylic acids is 1. The van der Waals surface area contributed by atoms with Crippen molar-refractivity contribution in [3.05, 3.63) is 88.5 Å². The van der Waals surface area contributed by atoms with Crippen LogP contribution in [-0.2, 0) is 9.53 Å². The molecule has 0 unspecified atom stereocenters. The average Bonchev–Trinajstić information content (AvgIpc) is 3.51. The number of fused-ring (bicyclic) bond motifs is 3. The summed E-state index contributed by atoms with van der Waals surface area (Å²) in [5.74, 6) is 0.295. The fourth-order valence-corrected chi connectivity index (χ4v) is 4.92. The Hall–Kier alpha value is -3.66. The van der Waals surface area contributed by atoms with E-state index >= 15 is 0 Å². The van der Waals surface area contributed by atoms with E-state index in [4.69, 9.17) is 30.9 Å². The maximum absolute atomic E-state index is 11.0. The number of hydrogen-bond acceptors (Lipinski definition) is 7. The first kappa shape index (κ1) is 24.1. The number of nitrogens with zero attached hydrogens (tertiary/aromatic N) is 2. The zero-order chi connectivity index (χ0) is 25.2. The highest BCUT2D eigenvalue weighted by Gasteiger charge is 2.33. The van der Waals surface area contributed by atoms with E-state index in [0.717, 1.165) is 28.2 Å². The number of rotatable bonds is 8. The van der Waals surface area contributed by atoms with Crippen molar-refractivity contribution in [2.45, 2.75) is 25.0 Å². The number of methoxy groups -OCH3 is 2. The number of halogens is 1. The molecule has 1 aromatic heterocycles. The van der Waals surface area contributed by atoms with Gasteiger partial charge in [-0.25, -0.2) is 0 Å². The molecule has 0 radical (unpaired) electrons. The molecule has 36 heavy (non-hydrogen) atoms. The van der Waals surface area contributed by atoms with E-state index < -0.39 is 12.1 Å². The number of benzene rings is 2. The molecule has 3 heterocycles. The molecular formula is C26H27ClN4O5. The topological polar surface area (TPSA) is 97.2 Å². The number of carboxylic acid groups (broad SMARTS) is 1. The lowest BCUT2D eigenvalue weighted by atomic mass is 9.98. The van der Waals surface area contributed by atoms with Crippen molar-refractivity contribution in [1.82, 2.24) is 20.5 Å². The molecule has 0 saturated heterocycles. The molecule has 3 N–H and O–H groups in total. The highest BCUT2D eigenvalue weighted by molar-refractivity contribution is 6.30. The van der Waals surface area contributed by atoms with Crippen molar-refractivity contribution < 1.29 is 24.1 Å². The van der Waals surface area contributed by atoms with Crippen LogP contribution in [0.15, 0.2) is 66.6 Å². The number of hydrazine groups is 2. The first-order chi connectivity index (χ1) is 17.5. The second-order valence-corrected chi connectivity index (χ2v) is 8.96. The van der Waals surface area contributed by atoms with E-state index in [9.17, 15) is 4.79 Å². The maximum Gasteiger partial charge on any atom is 0.321 e. The predicted octanol–water partition coefficient (Wildman–Crippen LogP) is 4.34. The molecule has 10 heteroatoms. The Bertz CT molecular complexity index is 1310. The lowest BCUT2D eigenvalue weighted by molar-refractivity contribution is -0.139. The van der Waals surface area contributed by atoms with Crippen molar-refractivity contribution in [3.63, 3.8) is 0 Å². The number of nitrogens with one attached hydrogen (secondary N) is 2. The quantitative estimate of drug-likeness (QED) is 0.412. The van der Waals surface area contributed by atoms with E-state index in [1.165, 1.54) is 5.12 Å². The zero-order valence-electron chi connectivity index (χ0n) is 19.9. The second kappa shape index (κ2) is 10.1. The van der Waals surface area contributed by atoms with Gasteiger partial charge in [0.05, 0.1) is 31.7 Å². The van der Waals surface area contributed by atoms with Crippen LogP contribution in [0.4, 0.5) is 0 Å². The molecule has 0 amide bonds. The Morgan fingerprint density at radius 3 is 2.78 bits per heavy atom. The fourth-order valence-electron chi connectivity index (χ4n) is 4.74. The predicted molar refractivity (Wildman–Crippen MR) is 134 cm³/mol. The minimum atomic E-state index is -0.930. The SMILES string of the molecule is COc1cccc([C@H]2O[C@H](CCC3=CNN(CC(=O)O)N3)c3cccn3-c3ccc(Cl)cc32)c1OC. The number of carboxylic acids is 1. The third-order valence-corrected chi connectivity index (χ3v) is 6.54. The smallest absolute Gasteiger partial charge is 0.321 e. The monoisotopic (exact) mass is 510 g/mol. The molecule has 0 fully saturated rings. The summed E-state index contributed by atoms with van der Waals surface area (Å²) in [6.07, 6.45) is 4.33. The molecule has 2 aliphatic rings. The van der Waals surface area contributed by atoms with Crippen LogP contribution in [0, 0.1) is 0 Å². The Balaban J connectivity index is 1.51. The van der Waals surface area contributed by atoms with Gasteiger partial charge in [0.1, 0.15) is 12.6 Å². The van der Waals surface area contributed by atoms with Crippen LogP contribution in [0.2, 0.25) is 5.02 Å². The van der Waals surface area contributed by atoms with Crippen LogP contribution >= 0.6 is 11.6 Å². The first-order valence-electron chi connectivity index (χ1n) is 11.5. The highest BCUT2D eigenvalue weighted by Crippen LogP contribution is 2.46. The molecule has 5 rings (SSSR count). The molecule has 2 aliphatic heterocycles. The van der Waals surface area contributed by atoms with Gasteiger partial charge in [0.25, 0.3) is 0 Å². The van der Waals surface area contributed by atoms with Crippen LogP contribution in [-0.4, -0.2) is 41.5 Å². The lowest BCUT2D eigenvalue weighted by Crippen LogP contribution is -2.42. The molecule has 0 spiro atoms. The van der Waals surface area contributed by atoms with Crippen LogP contribution in [0.3, 0.4) is 0 Å². The highest BCUT2D eigenvalue weighted by atomic mass is 35.5. The minimum absolute atomic E-state index is 0.170. The summed E-state index contributed by atoms with van der Waals surface area (Å²) in [4.78, 5) is 11.0. The molecular weight excluding hydrogens is 484 g/mol. The van der Waals surface area contributed by atoms with Gasteiger partial charge in [0.15, 0.2) is 11.5 Å². The summed E-state index contributed by atoms with van der Waals surface area (Å²) in [7, 11) is 3.23. The van der Waals surface area contributed by atoms with Crippen molar-refractivity contribution in [3.8, 4) is 17.2 Å². The van der Waals surface area contributed by atoms with Crippen molar-refractivity contribution in [2.75, 3.05) is 20.8 Å². The van der Waals surface area contributed by atoms with Crippen molar-refractivity contribution >= 4 is 17.6 Å². The van der Waals surface area contributed by atoms with E-state index in [1.807, 2.05) is 48.7 Å². The summed E-state index contributed by atoms with van der Waals surface area (Å²) in [6, 6.07) is 15.6. The molecule has 2 atom stereocenters. The summed E-state index contributed by atoms with van der Waals surface area (Å²) in [5, 5.41) is 11.1. The number of ether oxygens (including phenoxy) is 3. The first-order valence-corrected chi connectivity index (χ1v) is 11.9. The Morgan fingerprint density at radius 2 is 2.00 bits per heavy atom. The number of hydrogen-bond donors (Lipinski definition) is 3. The van der Waals surface area contributed by atoms with Gasteiger partial charge in [-0.15, -0.1) is 5.12 Å². The van der Waals surface area contributed by atoms with Gasteiger partial charge >= 0.3 is 5.97 Å². The molecule has 2 aromatic carbocycles. The Kier molecular flexibility index (Phi) is 6.77. The molecule has 0 aliphatic carbocycles. The Morgan fingerprint density at radius 1 is 1.14 bits per heavy atom. The van der Waals surface area contributed by atoms with Crippen LogP contribution in [0.1, 0.15) is 41.9 Å². The lowest BCUT2D eigenvalue weighted by Gasteiger charge is -2.25. The molecule has 188 valence electrons. The third kappa shape index (κ3) is 4.60. The van der Waals surface area contributed by atoms with E-state index in [2.05, 4.69) is 21.5 Å². The van der Waals surface area contributed by atoms with E-state index in [-0.39, 0.29) is 12.6 Å². The number of allylic oxidation sites excluding steroid dienone is 1. The van der Waals surface area contributed by atoms with Crippen LogP contribution < -0.4 is 20.3 Å². The Labute approximate surface area is 213 Å². The van der Waals surface area contributed by atoms with Gasteiger partial charge in [-0.05, 0) is 49.2 Å². The van der Waals surface area contributed by atoms with Gasteiger partial charge in [-0.3, -0.25) is 4.79 Å². The largest absolute Gasteiger partial charge is 0.493 e. The van der Waals surface area contributed by atoms with Gasteiger partial charge < -0.3 is 34.7 Å².